The Bertz CT molecular complexity index is 330. The number of nitrogens with zero attached hydrogens (tertiary/aromatic N) is 1. The van der Waals surface area contributed by atoms with Gasteiger partial charge in [0.2, 0.25) is 5.88 Å². The summed E-state index contributed by atoms with van der Waals surface area (Å²) in [6.45, 7) is 0. The number of ether oxygens (including phenoxy) is 1. The summed E-state index contributed by atoms with van der Waals surface area (Å²) < 4.78 is 5.15. The number of rotatable bonds is 4. The molecule has 0 amide bonds. The van der Waals surface area contributed by atoms with Crippen LogP contribution in [-0.2, 0) is 0 Å². The Morgan fingerprint density at radius 3 is 3.07 bits per heavy atom. The molecule has 74 valence electrons. The minimum atomic E-state index is 0.101. The molecule has 0 fully saturated rings. The van der Waals surface area contributed by atoms with Crippen molar-refractivity contribution in [3.8, 4) is 18.2 Å². The number of methoxy groups -OCH3 is 1. The van der Waals surface area contributed by atoms with Crippen LogP contribution in [0.25, 0.3) is 0 Å². The molecule has 0 aromatic carbocycles. The van der Waals surface area contributed by atoms with E-state index < -0.39 is 0 Å². The average Bonchev–Trinajstić information content (AvgIpc) is 2.26. The Hall–Kier alpha value is -1.53. The number of hydrogen-bond donors (Lipinski definition) is 1. The Kier molecular flexibility index (Phi) is 3.96. The maximum absolute atomic E-state index is 5.28. The third-order valence-corrected chi connectivity index (χ3v) is 2.04. The van der Waals surface area contributed by atoms with Crippen molar-refractivity contribution in [2.45, 2.75) is 12.5 Å². The zero-order chi connectivity index (χ0) is 10.4. The monoisotopic (exact) mass is 190 g/mol. The molecule has 1 heterocycles. The van der Waals surface area contributed by atoms with Gasteiger partial charge in [-0.05, 0) is 13.1 Å². The number of nitrogens with one attached hydrogen (secondary N) is 1. The molecule has 0 aliphatic carbocycles. The predicted octanol–water partition coefficient (Wildman–Crippen LogP) is 1.37. The van der Waals surface area contributed by atoms with Crippen LogP contribution in [0.4, 0.5) is 0 Å². The molecule has 3 nitrogen and oxygen atoms in total. The number of terminal acetylenes is 1. The maximum Gasteiger partial charge on any atom is 0.217 e. The molecular formula is C11H14N2O. The second-order valence-electron chi connectivity index (χ2n) is 2.85. The summed E-state index contributed by atoms with van der Waals surface area (Å²) in [4.78, 5) is 4.12. The van der Waals surface area contributed by atoms with Crippen LogP contribution in [0.5, 0.6) is 5.88 Å². The van der Waals surface area contributed by atoms with Crippen molar-refractivity contribution in [1.29, 1.82) is 0 Å². The fourth-order valence-electron chi connectivity index (χ4n) is 1.32. The smallest absolute Gasteiger partial charge is 0.217 e. The van der Waals surface area contributed by atoms with E-state index in [9.17, 15) is 0 Å². The highest BCUT2D eigenvalue weighted by Crippen LogP contribution is 2.23. The highest BCUT2D eigenvalue weighted by Gasteiger charge is 2.13. The molecule has 0 saturated carbocycles. The van der Waals surface area contributed by atoms with E-state index in [2.05, 4.69) is 16.2 Å². The topological polar surface area (TPSA) is 34.2 Å². The van der Waals surface area contributed by atoms with Gasteiger partial charge in [-0.3, -0.25) is 0 Å². The Labute approximate surface area is 84.5 Å². The maximum atomic E-state index is 5.28. The van der Waals surface area contributed by atoms with E-state index in [1.54, 1.807) is 13.3 Å². The second kappa shape index (κ2) is 5.25. The third-order valence-electron chi connectivity index (χ3n) is 2.04. The van der Waals surface area contributed by atoms with Crippen LogP contribution in [0.2, 0.25) is 0 Å². The van der Waals surface area contributed by atoms with E-state index in [-0.39, 0.29) is 6.04 Å². The van der Waals surface area contributed by atoms with Gasteiger partial charge in [-0.1, -0.05) is 6.07 Å². The standard InChI is InChI=1S/C11H14N2O/c1-4-6-10(12-2)9-7-5-8-13-11(9)14-3/h1,5,7-8,10,12H,6H2,2-3H3. The van der Waals surface area contributed by atoms with Crippen molar-refractivity contribution in [1.82, 2.24) is 10.3 Å². The van der Waals surface area contributed by atoms with Gasteiger partial charge < -0.3 is 10.1 Å². The first-order valence-corrected chi connectivity index (χ1v) is 4.43. The minimum absolute atomic E-state index is 0.101. The fraction of sp³-hybridized carbons (Fsp3) is 0.364. The lowest BCUT2D eigenvalue weighted by Gasteiger charge is -2.15. The average molecular weight is 190 g/mol. The largest absolute Gasteiger partial charge is 0.481 e. The molecule has 3 heteroatoms. The van der Waals surface area contributed by atoms with Crippen molar-refractivity contribution in [3.05, 3.63) is 23.9 Å². The first kappa shape index (κ1) is 10.6. The summed E-state index contributed by atoms with van der Waals surface area (Å²) in [7, 11) is 3.48. The van der Waals surface area contributed by atoms with E-state index in [0.717, 1.165) is 5.56 Å². The van der Waals surface area contributed by atoms with Gasteiger partial charge in [0, 0.05) is 24.2 Å². The summed E-state index contributed by atoms with van der Waals surface area (Å²) in [6, 6.07) is 3.94. The lowest BCUT2D eigenvalue weighted by molar-refractivity contribution is 0.385. The number of hydrogen-bond acceptors (Lipinski definition) is 3. The zero-order valence-corrected chi connectivity index (χ0v) is 8.45. The van der Waals surface area contributed by atoms with Crippen LogP contribution in [0.15, 0.2) is 18.3 Å². The zero-order valence-electron chi connectivity index (χ0n) is 8.45. The van der Waals surface area contributed by atoms with Gasteiger partial charge in [-0.2, -0.15) is 0 Å². The third kappa shape index (κ3) is 2.24. The molecule has 0 spiro atoms. The summed E-state index contributed by atoms with van der Waals surface area (Å²) in [6.07, 6.45) is 7.61. The summed E-state index contributed by atoms with van der Waals surface area (Å²) in [5, 5.41) is 3.13. The van der Waals surface area contributed by atoms with Crippen molar-refractivity contribution < 1.29 is 4.74 Å². The molecule has 0 bridgehead atoms. The second-order valence-corrected chi connectivity index (χ2v) is 2.85. The van der Waals surface area contributed by atoms with Crippen LogP contribution in [-0.4, -0.2) is 19.1 Å². The summed E-state index contributed by atoms with van der Waals surface area (Å²) in [5.41, 5.74) is 0.996. The Balaban J connectivity index is 2.97. The normalized spacial score (nSPS) is 11.8. The first-order chi connectivity index (χ1) is 6.83. The highest BCUT2D eigenvalue weighted by atomic mass is 16.5. The van der Waals surface area contributed by atoms with Crippen LogP contribution >= 0.6 is 0 Å². The van der Waals surface area contributed by atoms with Crippen LogP contribution in [0, 0.1) is 12.3 Å². The van der Waals surface area contributed by atoms with E-state index >= 15 is 0 Å². The lowest BCUT2D eigenvalue weighted by Crippen LogP contribution is -2.16. The highest BCUT2D eigenvalue weighted by molar-refractivity contribution is 5.29. The van der Waals surface area contributed by atoms with Crippen molar-refractivity contribution in [2.75, 3.05) is 14.2 Å². The first-order valence-electron chi connectivity index (χ1n) is 4.43. The summed E-state index contributed by atoms with van der Waals surface area (Å²) >= 11 is 0. The van der Waals surface area contributed by atoms with E-state index in [4.69, 9.17) is 11.2 Å². The fourth-order valence-corrected chi connectivity index (χ4v) is 1.32. The lowest BCUT2D eigenvalue weighted by atomic mass is 10.1. The van der Waals surface area contributed by atoms with E-state index in [0.29, 0.717) is 12.3 Å². The molecule has 1 unspecified atom stereocenters. The molecule has 0 saturated heterocycles. The Morgan fingerprint density at radius 1 is 1.71 bits per heavy atom. The number of pyridine rings is 1. The quantitative estimate of drug-likeness (QED) is 0.728. The van der Waals surface area contributed by atoms with Gasteiger partial charge in [-0.15, -0.1) is 12.3 Å². The van der Waals surface area contributed by atoms with Gasteiger partial charge in [0.05, 0.1) is 7.11 Å². The molecule has 1 N–H and O–H groups in total. The van der Waals surface area contributed by atoms with Gasteiger partial charge in [0.1, 0.15) is 0 Å². The van der Waals surface area contributed by atoms with E-state index in [1.807, 2.05) is 19.2 Å². The van der Waals surface area contributed by atoms with Crippen LogP contribution in [0.1, 0.15) is 18.0 Å². The van der Waals surface area contributed by atoms with Gasteiger partial charge in [0.15, 0.2) is 0 Å². The van der Waals surface area contributed by atoms with Crippen molar-refractivity contribution in [2.24, 2.45) is 0 Å². The molecule has 1 atom stereocenters. The molecule has 0 aliphatic rings. The van der Waals surface area contributed by atoms with Gasteiger partial charge in [-0.25, -0.2) is 4.98 Å². The number of aromatic nitrogens is 1. The molecular weight excluding hydrogens is 176 g/mol. The van der Waals surface area contributed by atoms with Gasteiger partial charge >= 0.3 is 0 Å². The summed E-state index contributed by atoms with van der Waals surface area (Å²) in [5.74, 6) is 3.25. The minimum Gasteiger partial charge on any atom is -0.481 e. The predicted molar refractivity (Wildman–Crippen MR) is 56.0 cm³/mol. The molecule has 1 aromatic heterocycles. The van der Waals surface area contributed by atoms with Crippen LogP contribution in [0.3, 0.4) is 0 Å². The van der Waals surface area contributed by atoms with E-state index in [1.165, 1.54) is 0 Å². The van der Waals surface area contributed by atoms with Crippen LogP contribution < -0.4 is 10.1 Å². The van der Waals surface area contributed by atoms with Crippen molar-refractivity contribution >= 4 is 0 Å². The molecule has 1 aromatic rings. The molecule has 1 rings (SSSR count). The van der Waals surface area contributed by atoms with Gasteiger partial charge in [0.25, 0.3) is 0 Å². The SMILES string of the molecule is C#CCC(NC)c1cccnc1OC. The molecule has 14 heavy (non-hydrogen) atoms. The Morgan fingerprint density at radius 2 is 2.50 bits per heavy atom. The molecule has 0 radical (unpaired) electrons. The molecule has 0 aliphatic heterocycles. The van der Waals surface area contributed by atoms with Crippen molar-refractivity contribution in [3.63, 3.8) is 0 Å².